The smallest absolute Gasteiger partial charge is 0.420 e. The zero-order chi connectivity index (χ0) is 12.5. The van der Waals surface area contributed by atoms with Crippen LogP contribution in [0.25, 0.3) is 0 Å². The highest BCUT2D eigenvalue weighted by Gasteiger charge is 2.42. The molecule has 10 heteroatoms. The van der Waals surface area contributed by atoms with Gasteiger partial charge in [-0.2, -0.15) is 0 Å². The molecule has 0 saturated carbocycles. The van der Waals surface area contributed by atoms with Crippen molar-refractivity contribution in [1.82, 2.24) is 0 Å². The number of ether oxygens (including phenoxy) is 1. The third-order valence-corrected chi connectivity index (χ3v) is 14.8. The minimum atomic E-state index is -2.21. The Hall–Kier alpha value is 0.628. The second-order valence-corrected chi connectivity index (χ2v) is 15.9. The second kappa shape index (κ2) is 5.32. The molecule has 0 aromatic rings. The Morgan fingerprint density at radius 3 is 2.53 bits per heavy atom. The van der Waals surface area contributed by atoms with Gasteiger partial charge in [0.05, 0.1) is 6.61 Å². The molecule has 6 nitrogen and oxygen atoms in total. The molecule has 2 aliphatic rings. The molecule has 2 rings (SSSR count). The molecule has 2 atom stereocenters. The van der Waals surface area contributed by atoms with Crippen molar-refractivity contribution in [2.24, 2.45) is 0 Å². The van der Waals surface area contributed by atoms with Crippen molar-refractivity contribution < 1.29 is 25.6 Å². The molecule has 2 aliphatic heterocycles. The molecule has 17 heavy (non-hydrogen) atoms. The fraction of sp³-hybridized carbons (Fsp3) is 1.00. The van der Waals surface area contributed by atoms with E-state index < -0.39 is 36.7 Å². The van der Waals surface area contributed by atoms with Gasteiger partial charge in [-0.25, -0.2) is 0 Å². The Balaban J connectivity index is 1.92. The van der Waals surface area contributed by atoms with Crippen molar-refractivity contribution in [1.29, 1.82) is 0 Å². The normalized spacial score (nSPS) is 38.1. The predicted molar refractivity (Wildman–Crippen MR) is 70.4 cm³/mol. The summed E-state index contributed by atoms with van der Waals surface area (Å²) in [4.78, 5) is 0. The first-order valence-corrected chi connectivity index (χ1v) is 14.0. The quantitative estimate of drug-likeness (QED) is 0.666. The summed E-state index contributed by atoms with van der Waals surface area (Å²) in [5.41, 5.74) is 0. The topological polar surface area (TPSA) is 55.4 Å². The van der Waals surface area contributed by atoms with Crippen LogP contribution in [-0.4, -0.2) is 49.6 Å². The molecule has 2 saturated heterocycles. The van der Waals surface area contributed by atoms with E-state index in [0.29, 0.717) is 0 Å². The van der Waals surface area contributed by atoms with E-state index in [9.17, 15) is 0 Å². The van der Waals surface area contributed by atoms with Crippen molar-refractivity contribution in [2.45, 2.75) is 38.9 Å². The molecule has 0 aromatic heterocycles. The van der Waals surface area contributed by atoms with Crippen molar-refractivity contribution in [2.75, 3.05) is 6.61 Å². The molecule has 0 N–H and O–H groups in total. The highest BCUT2D eigenvalue weighted by atomic mass is 28.5. The highest BCUT2D eigenvalue weighted by molar-refractivity contribution is 6.83. The monoisotopic (exact) mass is 312 g/mol. The molecule has 2 fully saturated rings. The summed E-state index contributed by atoms with van der Waals surface area (Å²) in [6, 6.07) is 0. The maximum atomic E-state index is 6.03. The largest absolute Gasteiger partial charge is 0.467 e. The van der Waals surface area contributed by atoms with Gasteiger partial charge in [0.1, 0.15) is 0 Å². The maximum Gasteiger partial charge on any atom is 0.467 e. The van der Waals surface area contributed by atoms with E-state index in [4.69, 9.17) is 25.6 Å². The van der Waals surface area contributed by atoms with Crippen LogP contribution in [0.15, 0.2) is 0 Å². The van der Waals surface area contributed by atoms with Crippen LogP contribution < -0.4 is 0 Å². The summed E-state index contributed by atoms with van der Waals surface area (Å²) in [5, 5.41) is 0. The number of rotatable bonds is 2. The van der Waals surface area contributed by atoms with Gasteiger partial charge in [0.2, 0.25) is 0 Å². The first-order valence-electron chi connectivity index (χ1n) is 5.77. The molecule has 0 radical (unpaired) electrons. The van der Waals surface area contributed by atoms with Gasteiger partial charge in [0.25, 0.3) is 10.0 Å². The molecular formula is C7H20O6Si4. The Bertz CT molecular complexity index is 271. The predicted octanol–water partition coefficient (Wildman–Crippen LogP) is -0.0510. The van der Waals surface area contributed by atoms with Gasteiger partial charge in [0, 0.05) is 6.42 Å². The van der Waals surface area contributed by atoms with E-state index in [1.165, 1.54) is 0 Å². The molecule has 0 spiro atoms. The van der Waals surface area contributed by atoms with E-state index >= 15 is 0 Å². The van der Waals surface area contributed by atoms with Gasteiger partial charge in [-0.05, 0) is 26.2 Å². The first-order chi connectivity index (χ1) is 7.86. The lowest BCUT2D eigenvalue weighted by Crippen LogP contribution is -2.56. The van der Waals surface area contributed by atoms with Crippen LogP contribution in [0.5, 0.6) is 0 Å². The highest BCUT2D eigenvalue weighted by Crippen LogP contribution is 2.22. The summed E-state index contributed by atoms with van der Waals surface area (Å²) in [6.45, 7) is 8.83. The maximum absolute atomic E-state index is 6.03. The standard InChI is InChI=1S/C7H20O6Si4/c1-16(2)11-14-10-15(9-7-5-6-8-7)12-17(3,4)13-16/h7,15H,5-6,14H2,1-4H3. The zero-order valence-corrected chi connectivity index (χ0v) is 15.3. The first kappa shape index (κ1) is 14.0. The minimum Gasteiger partial charge on any atom is -0.420 e. The van der Waals surface area contributed by atoms with Crippen LogP contribution in [0.4, 0.5) is 0 Å². The average molecular weight is 313 g/mol. The summed E-state index contributed by atoms with van der Waals surface area (Å²) in [5.74, 6) is 0. The van der Waals surface area contributed by atoms with Gasteiger partial charge < -0.3 is 25.6 Å². The summed E-state index contributed by atoms with van der Waals surface area (Å²) in [6.07, 6.45) is 0.775. The minimum absolute atomic E-state index is 0.143. The van der Waals surface area contributed by atoms with Crippen molar-refractivity contribution in [3.8, 4) is 0 Å². The molecule has 100 valence electrons. The zero-order valence-electron chi connectivity index (χ0n) is 10.7. The Labute approximate surface area is 108 Å². The Morgan fingerprint density at radius 1 is 1.24 bits per heavy atom. The summed E-state index contributed by atoms with van der Waals surface area (Å²) < 4.78 is 34.3. The van der Waals surface area contributed by atoms with E-state index in [-0.39, 0.29) is 6.29 Å². The van der Waals surface area contributed by atoms with Crippen LogP contribution in [0.2, 0.25) is 26.2 Å². The third-order valence-electron chi connectivity index (χ3n) is 2.40. The van der Waals surface area contributed by atoms with Crippen molar-refractivity contribution in [3.63, 3.8) is 0 Å². The lowest BCUT2D eigenvalue weighted by molar-refractivity contribution is -0.179. The van der Waals surface area contributed by atoms with Crippen molar-refractivity contribution in [3.05, 3.63) is 0 Å². The fourth-order valence-electron chi connectivity index (χ4n) is 1.66. The fourth-order valence-corrected chi connectivity index (χ4v) is 14.0. The second-order valence-electron chi connectivity index (χ2n) is 4.96. The molecule has 0 bridgehead atoms. The molecule has 0 aromatic carbocycles. The van der Waals surface area contributed by atoms with Crippen molar-refractivity contribution >= 4 is 36.7 Å². The third kappa shape index (κ3) is 4.34. The van der Waals surface area contributed by atoms with Crippen LogP contribution in [0.3, 0.4) is 0 Å². The van der Waals surface area contributed by atoms with Crippen LogP contribution in [-0.2, 0) is 25.6 Å². The van der Waals surface area contributed by atoms with Gasteiger partial charge in [-0.3, -0.25) is 0 Å². The molecule has 0 aliphatic carbocycles. The Morgan fingerprint density at radius 2 is 1.94 bits per heavy atom. The molecule has 2 unspecified atom stereocenters. The Kier molecular flexibility index (Phi) is 4.40. The SMILES string of the molecule is C[Si]1(C)O[SiH2]O[SiH](OC2CCO2)O[Si](C)(C)O1. The van der Waals surface area contributed by atoms with Gasteiger partial charge in [-0.1, -0.05) is 0 Å². The number of hydrogen-bond acceptors (Lipinski definition) is 6. The molecule has 0 amide bonds. The van der Waals surface area contributed by atoms with Gasteiger partial charge in [-0.15, -0.1) is 0 Å². The number of hydrogen-bond donors (Lipinski definition) is 0. The lowest BCUT2D eigenvalue weighted by Gasteiger charge is -2.39. The average Bonchev–Trinajstić information content (AvgIpc) is 2.05. The van der Waals surface area contributed by atoms with Gasteiger partial charge >= 0.3 is 26.6 Å². The van der Waals surface area contributed by atoms with E-state index in [0.717, 1.165) is 13.0 Å². The lowest BCUT2D eigenvalue weighted by atomic mass is 10.4. The summed E-state index contributed by atoms with van der Waals surface area (Å²) in [7, 11) is -7.47. The van der Waals surface area contributed by atoms with Crippen LogP contribution in [0, 0.1) is 0 Å². The van der Waals surface area contributed by atoms with E-state index in [1.54, 1.807) is 0 Å². The van der Waals surface area contributed by atoms with E-state index in [2.05, 4.69) is 0 Å². The van der Waals surface area contributed by atoms with E-state index in [1.807, 2.05) is 26.2 Å². The molecule has 2 heterocycles. The molecular weight excluding hydrogens is 292 g/mol. The van der Waals surface area contributed by atoms with Crippen LogP contribution >= 0.6 is 0 Å². The van der Waals surface area contributed by atoms with Crippen LogP contribution in [0.1, 0.15) is 6.42 Å². The summed E-state index contributed by atoms with van der Waals surface area (Å²) >= 11 is 0. The van der Waals surface area contributed by atoms with Gasteiger partial charge in [0.15, 0.2) is 6.29 Å².